The summed E-state index contributed by atoms with van der Waals surface area (Å²) in [6, 6.07) is 106. The molecule has 0 aliphatic heterocycles. The Morgan fingerprint density at radius 3 is 0.370 bits per heavy atom. The zero-order valence-corrected chi connectivity index (χ0v) is 78.5. The van der Waals surface area contributed by atoms with E-state index in [1.54, 1.807) is 0 Å². The molecule has 0 bridgehead atoms. The standard InChI is InChI=1S/4C18H12N2.4C6H7N.4F6P.2Ru/c4*1-3-7-15-13(5-1)9-11-17(19-15)18-12-10-14-6-2-4-8-16(14)20-18;4*1-2-3-4-5-6-7;4*1-7(2,3,4,5)6;;/h4*1-12H;4*1H,3-5H2;;;;;;/q;;;;;;;;4*-1;2*+2. The minimum atomic E-state index is -10.7. The molecule has 0 atom stereocenters. The zero-order chi connectivity index (χ0) is 101. The molecule has 0 fully saturated rings. The van der Waals surface area contributed by atoms with E-state index in [0.29, 0.717) is 25.7 Å². The fraction of sp³-hybridized carbons (Fsp3) is 0.125. The van der Waals surface area contributed by atoms with E-state index in [9.17, 15) is 101 Å². The van der Waals surface area contributed by atoms with Crippen LogP contribution in [0.15, 0.2) is 291 Å². The first-order valence-electron chi connectivity index (χ1n) is 39.4. The van der Waals surface area contributed by atoms with Gasteiger partial charge in [-0.15, -0.1) is 49.4 Å². The molecule has 16 aromatic rings. The molecule has 8 aromatic carbocycles. The van der Waals surface area contributed by atoms with Crippen LogP contribution in [-0.4, -0.2) is 39.9 Å². The van der Waals surface area contributed by atoms with E-state index < -0.39 is 31.2 Å². The smallest absolute Gasteiger partial charge is 0.246 e. The maximum atomic E-state index is 9.87. The summed E-state index contributed by atoms with van der Waals surface area (Å²) in [4.78, 5) is 37.5. The van der Waals surface area contributed by atoms with Crippen LogP contribution >= 0.6 is 31.2 Å². The molecule has 0 aliphatic rings. The predicted octanol–water partition coefficient (Wildman–Crippen LogP) is 36.6. The van der Waals surface area contributed by atoms with Crippen molar-refractivity contribution in [2.45, 2.75) is 77.0 Å². The Morgan fingerprint density at radius 2 is 0.275 bits per heavy atom. The molecule has 138 heavy (non-hydrogen) atoms. The van der Waals surface area contributed by atoms with Crippen molar-refractivity contribution in [3.63, 3.8) is 0 Å². The Balaban J connectivity index is 0.000000401. The Kier molecular flexibility index (Phi) is 42.2. The van der Waals surface area contributed by atoms with Gasteiger partial charge in [0.25, 0.3) is 0 Å². The normalized spacial score (nSPS) is 12.4. The second kappa shape index (κ2) is 49.0. The number of aromatic nitrogens is 8. The van der Waals surface area contributed by atoms with E-state index in [1.165, 1.54) is 0 Å². The molecule has 0 saturated carbocycles. The van der Waals surface area contributed by atoms with Crippen molar-refractivity contribution in [3.05, 3.63) is 291 Å². The zero-order valence-electron chi connectivity index (χ0n) is 71.4. The fourth-order valence-corrected chi connectivity index (χ4v) is 10.7. The molecule has 8 heterocycles. The second-order valence-corrected chi connectivity index (χ2v) is 35.5. The number of para-hydroxylation sites is 8. The van der Waals surface area contributed by atoms with Gasteiger partial charge in [0.05, 0.1) is 114 Å². The summed E-state index contributed by atoms with van der Waals surface area (Å²) in [5.74, 6) is 9.81. The number of unbranched alkanes of at least 4 members (excludes halogenated alkanes) is 8. The van der Waals surface area contributed by atoms with E-state index in [2.05, 4.69) is 161 Å². The van der Waals surface area contributed by atoms with Gasteiger partial charge in [0.1, 0.15) is 0 Å². The number of nitriles is 4. The van der Waals surface area contributed by atoms with Crippen molar-refractivity contribution < 1.29 is 140 Å². The molecule has 0 spiro atoms. The summed E-state index contributed by atoms with van der Waals surface area (Å²) in [5, 5.41) is 41.1. The largest absolute Gasteiger partial charge is 2.00 e. The topological polar surface area (TPSA) is 198 Å². The summed E-state index contributed by atoms with van der Waals surface area (Å²) in [7, 11) is -42.6. The summed E-state index contributed by atoms with van der Waals surface area (Å²) < 4.78 is 237. The van der Waals surface area contributed by atoms with Gasteiger partial charge in [0, 0.05) is 94.5 Å². The first kappa shape index (κ1) is 119. The van der Waals surface area contributed by atoms with Crippen molar-refractivity contribution in [1.29, 1.82) is 21.0 Å². The molecule has 0 saturated heterocycles. The molecular formula is C96H76F24N12P4Ru2. The Bertz CT molecular complexity index is 5890. The molecule has 8 aromatic heterocycles. The van der Waals surface area contributed by atoms with E-state index >= 15 is 0 Å². The van der Waals surface area contributed by atoms with Crippen LogP contribution in [0.1, 0.15) is 77.0 Å². The fourth-order valence-electron chi connectivity index (χ4n) is 10.7. The van der Waals surface area contributed by atoms with Gasteiger partial charge in [-0.1, -0.05) is 194 Å². The molecule has 724 valence electrons. The maximum absolute atomic E-state index is 10.7. The van der Waals surface area contributed by atoms with Crippen LogP contribution < -0.4 is 0 Å². The third-order valence-corrected chi connectivity index (χ3v) is 16.3. The van der Waals surface area contributed by atoms with Crippen LogP contribution in [-0.2, 0) is 39.0 Å². The number of nitrogens with zero attached hydrogens (tertiary/aromatic N) is 12. The second-order valence-electron chi connectivity index (χ2n) is 27.8. The number of pyridine rings is 8. The number of halogens is 24. The number of hydrogen-bond donors (Lipinski definition) is 0. The molecule has 0 amide bonds. The average molecular weight is 2180 g/mol. The third kappa shape index (κ3) is 56.8. The van der Waals surface area contributed by atoms with Gasteiger partial charge >= 0.3 is 171 Å². The molecule has 0 unspecified atom stereocenters. The molecule has 0 radical (unpaired) electrons. The summed E-state index contributed by atoms with van der Waals surface area (Å²) in [5.41, 5.74) is 15.3. The van der Waals surface area contributed by atoms with Crippen LogP contribution in [0.5, 0.6) is 0 Å². The number of rotatable bonds is 12. The van der Waals surface area contributed by atoms with Gasteiger partial charge in [-0.2, -0.15) is 21.0 Å². The summed E-state index contributed by atoms with van der Waals surface area (Å²) in [6.45, 7) is 0. The van der Waals surface area contributed by atoms with Crippen LogP contribution in [0.25, 0.3) is 133 Å². The van der Waals surface area contributed by atoms with Gasteiger partial charge in [-0.3, -0.25) is 0 Å². The Labute approximate surface area is 801 Å². The van der Waals surface area contributed by atoms with Gasteiger partial charge in [-0.05, 0) is 123 Å². The van der Waals surface area contributed by atoms with Crippen LogP contribution in [0.4, 0.5) is 101 Å². The van der Waals surface area contributed by atoms with Crippen molar-refractivity contribution in [1.82, 2.24) is 39.9 Å². The molecule has 0 N–H and O–H groups in total. The van der Waals surface area contributed by atoms with Gasteiger partial charge in [-0.25, -0.2) is 39.9 Å². The van der Waals surface area contributed by atoms with Gasteiger partial charge < -0.3 is 0 Å². The third-order valence-electron chi connectivity index (χ3n) is 16.3. The molecule has 12 nitrogen and oxygen atoms in total. The summed E-state index contributed by atoms with van der Waals surface area (Å²) in [6.07, 6.45) is 28.3. The van der Waals surface area contributed by atoms with Crippen LogP contribution in [0.2, 0.25) is 0 Å². The Morgan fingerprint density at radius 1 is 0.174 bits per heavy atom. The van der Waals surface area contributed by atoms with E-state index in [1.807, 2.05) is 218 Å². The number of benzene rings is 8. The van der Waals surface area contributed by atoms with Gasteiger partial charge in [0.15, 0.2) is 0 Å². The monoisotopic (exact) mass is 2180 g/mol. The van der Waals surface area contributed by atoms with Crippen molar-refractivity contribution >= 4 is 118 Å². The minimum Gasteiger partial charge on any atom is -0.246 e. The first-order chi connectivity index (χ1) is 63.1. The van der Waals surface area contributed by atoms with E-state index in [4.69, 9.17) is 46.7 Å². The van der Waals surface area contributed by atoms with Crippen LogP contribution in [0, 0.1) is 94.7 Å². The molecule has 0 aliphatic carbocycles. The number of hydrogen-bond acceptors (Lipinski definition) is 12. The van der Waals surface area contributed by atoms with Gasteiger partial charge in [0.2, 0.25) is 0 Å². The average Bonchev–Trinajstić information content (AvgIpc) is 0.790. The predicted molar refractivity (Wildman–Crippen MR) is 497 cm³/mol. The molecule has 42 heteroatoms. The Hall–Kier alpha value is -13.5. The van der Waals surface area contributed by atoms with Crippen molar-refractivity contribution in [2.24, 2.45) is 0 Å². The maximum Gasteiger partial charge on any atom is 2.00 e. The number of terminal acetylenes is 4. The van der Waals surface area contributed by atoms with Crippen molar-refractivity contribution in [2.75, 3.05) is 0 Å². The first-order valence-corrected chi connectivity index (χ1v) is 47.5. The van der Waals surface area contributed by atoms with E-state index in [0.717, 1.165) is 184 Å². The summed E-state index contributed by atoms with van der Waals surface area (Å²) >= 11 is 0. The SMILES string of the molecule is C#CCCCC#N.C#CCCCC#N.C#CCCCC#N.C#CCCCC#N.F[P-](F)(F)(F)(F)F.F[P-](F)(F)(F)(F)F.F[P-](F)(F)(F)(F)F.F[P-](F)(F)(F)(F)F.[Ru+2].[Ru+2].c1ccc2nc(-c3ccc4ccccc4n3)ccc2c1.c1ccc2nc(-c3ccc4ccccc4n3)ccc2c1.c1ccc2nc(-c3ccc4ccccc4n3)ccc2c1.c1ccc2nc(-c3ccc4ccccc4n3)ccc2c1. The number of fused-ring (bicyclic) bond motifs is 8. The molecular weight excluding hydrogens is 2100 g/mol. The molecule has 16 rings (SSSR count). The minimum absolute atomic E-state index is 0. The van der Waals surface area contributed by atoms with Crippen LogP contribution in [0.3, 0.4) is 0 Å². The van der Waals surface area contributed by atoms with Crippen molar-refractivity contribution in [3.8, 4) is 119 Å². The quantitative estimate of drug-likeness (QED) is 0.0369. The van der Waals surface area contributed by atoms with E-state index in [-0.39, 0.29) is 39.0 Å².